The summed E-state index contributed by atoms with van der Waals surface area (Å²) in [5.41, 5.74) is 1.10. The number of hydrogen-bond donors (Lipinski definition) is 2. The molecule has 2 aromatic rings. The molecule has 1 fully saturated rings. The van der Waals surface area contributed by atoms with E-state index in [1.165, 1.54) is 0 Å². The molecule has 8 heteroatoms. The number of amides is 4. The van der Waals surface area contributed by atoms with E-state index in [9.17, 15) is 14.4 Å². The molecule has 3 rings (SSSR count). The highest BCUT2D eigenvalue weighted by Gasteiger charge is 2.49. The second-order valence-electron chi connectivity index (χ2n) is 7.26. The SMILES string of the molecule is COc1ccc(CNC(=O)CN2C(=O)NC(C)(c3ccc(OC)c(C)c3)C2=O)cc1. The van der Waals surface area contributed by atoms with E-state index >= 15 is 0 Å². The average Bonchev–Trinajstić information content (AvgIpc) is 2.96. The smallest absolute Gasteiger partial charge is 0.325 e. The third-order valence-electron chi connectivity index (χ3n) is 5.20. The first kappa shape index (κ1) is 21.2. The minimum Gasteiger partial charge on any atom is -0.497 e. The Bertz CT molecular complexity index is 973. The Morgan fingerprint density at radius 3 is 2.40 bits per heavy atom. The number of methoxy groups -OCH3 is 2. The number of nitrogens with one attached hydrogen (secondary N) is 2. The van der Waals surface area contributed by atoms with Crippen molar-refractivity contribution in [1.29, 1.82) is 0 Å². The van der Waals surface area contributed by atoms with Crippen LogP contribution in [0.3, 0.4) is 0 Å². The third kappa shape index (κ3) is 4.07. The number of ether oxygens (including phenoxy) is 2. The zero-order chi connectivity index (χ0) is 21.9. The van der Waals surface area contributed by atoms with Crippen LogP contribution in [0.5, 0.6) is 11.5 Å². The summed E-state index contributed by atoms with van der Waals surface area (Å²) in [6.07, 6.45) is 0. The minimum absolute atomic E-state index is 0.279. The van der Waals surface area contributed by atoms with Crippen LogP contribution in [-0.2, 0) is 21.7 Å². The molecule has 8 nitrogen and oxygen atoms in total. The normalized spacial score (nSPS) is 18.2. The molecule has 0 bridgehead atoms. The van der Waals surface area contributed by atoms with Crippen molar-refractivity contribution in [2.45, 2.75) is 25.9 Å². The number of nitrogens with zero attached hydrogens (tertiary/aromatic N) is 1. The molecule has 1 aliphatic rings. The highest BCUT2D eigenvalue weighted by atomic mass is 16.5. The first-order valence-electron chi connectivity index (χ1n) is 9.47. The van der Waals surface area contributed by atoms with Crippen LogP contribution in [0.2, 0.25) is 0 Å². The monoisotopic (exact) mass is 411 g/mol. The van der Waals surface area contributed by atoms with Crippen LogP contribution in [0, 0.1) is 6.92 Å². The second kappa shape index (κ2) is 8.44. The molecule has 0 radical (unpaired) electrons. The van der Waals surface area contributed by atoms with E-state index < -0.39 is 23.4 Å². The van der Waals surface area contributed by atoms with Crippen LogP contribution in [0.4, 0.5) is 4.79 Å². The maximum atomic E-state index is 13.0. The van der Waals surface area contributed by atoms with E-state index in [4.69, 9.17) is 9.47 Å². The summed E-state index contributed by atoms with van der Waals surface area (Å²) in [6.45, 7) is 3.41. The van der Waals surface area contributed by atoms with Gasteiger partial charge in [0.2, 0.25) is 5.91 Å². The van der Waals surface area contributed by atoms with Gasteiger partial charge in [0, 0.05) is 6.54 Å². The fourth-order valence-corrected chi connectivity index (χ4v) is 3.37. The van der Waals surface area contributed by atoms with Gasteiger partial charge in [0.05, 0.1) is 14.2 Å². The van der Waals surface area contributed by atoms with Crippen molar-refractivity contribution in [3.63, 3.8) is 0 Å². The number of urea groups is 1. The number of carbonyl (C=O) groups excluding carboxylic acids is 3. The summed E-state index contributed by atoms with van der Waals surface area (Å²) in [5, 5.41) is 5.43. The van der Waals surface area contributed by atoms with Gasteiger partial charge >= 0.3 is 6.03 Å². The van der Waals surface area contributed by atoms with Crippen molar-refractivity contribution in [1.82, 2.24) is 15.5 Å². The summed E-state index contributed by atoms with van der Waals surface area (Å²) in [6, 6.07) is 11.9. The van der Waals surface area contributed by atoms with E-state index in [0.29, 0.717) is 11.3 Å². The Hall–Kier alpha value is -3.55. The van der Waals surface area contributed by atoms with Gasteiger partial charge in [-0.2, -0.15) is 0 Å². The third-order valence-corrected chi connectivity index (χ3v) is 5.20. The molecule has 2 aromatic carbocycles. The number of rotatable bonds is 7. The van der Waals surface area contributed by atoms with E-state index in [2.05, 4.69) is 10.6 Å². The molecule has 0 spiro atoms. The lowest BCUT2D eigenvalue weighted by atomic mass is 9.90. The highest BCUT2D eigenvalue weighted by Crippen LogP contribution is 2.31. The standard InChI is InChI=1S/C22H25N3O5/c1-14-11-16(7-10-18(14)30-4)22(2)20(27)25(21(28)24-22)13-19(26)23-12-15-5-8-17(29-3)9-6-15/h5-11H,12-13H2,1-4H3,(H,23,26)(H,24,28). The van der Waals surface area contributed by atoms with Crippen molar-refractivity contribution >= 4 is 17.8 Å². The molecule has 1 aliphatic heterocycles. The summed E-state index contributed by atoms with van der Waals surface area (Å²) in [5.74, 6) is 0.507. The molecule has 0 saturated carbocycles. The fourth-order valence-electron chi connectivity index (χ4n) is 3.37. The van der Waals surface area contributed by atoms with Crippen LogP contribution in [0.25, 0.3) is 0 Å². The van der Waals surface area contributed by atoms with Crippen LogP contribution in [-0.4, -0.2) is 43.5 Å². The summed E-state index contributed by atoms with van der Waals surface area (Å²) >= 11 is 0. The van der Waals surface area contributed by atoms with Crippen molar-refractivity contribution in [3.8, 4) is 11.5 Å². The van der Waals surface area contributed by atoms with Gasteiger partial charge < -0.3 is 20.1 Å². The molecule has 1 unspecified atom stereocenters. The maximum Gasteiger partial charge on any atom is 0.325 e. The molecule has 30 heavy (non-hydrogen) atoms. The topological polar surface area (TPSA) is 97.0 Å². The van der Waals surface area contributed by atoms with Crippen molar-refractivity contribution < 1.29 is 23.9 Å². The molecule has 158 valence electrons. The van der Waals surface area contributed by atoms with Crippen molar-refractivity contribution in [3.05, 3.63) is 59.2 Å². The van der Waals surface area contributed by atoms with Crippen LogP contribution in [0.1, 0.15) is 23.6 Å². The van der Waals surface area contributed by atoms with E-state index in [0.717, 1.165) is 21.8 Å². The number of aryl methyl sites for hydroxylation is 1. The molecular formula is C22H25N3O5. The number of imide groups is 1. The summed E-state index contributed by atoms with van der Waals surface area (Å²) in [4.78, 5) is 38.7. The van der Waals surface area contributed by atoms with Crippen LogP contribution < -0.4 is 20.1 Å². The number of carbonyl (C=O) groups is 3. The zero-order valence-corrected chi connectivity index (χ0v) is 17.4. The molecule has 4 amide bonds. The zero-order valence-electron chi connectivity index (χ0n) is 17.4. The van der Waals surface area contributed by atoms with Gasteiger partial charge in [-0.05, 0) is 54.8 Å². The summed E-state index contributed by atoms with van der Waals surface area (Å²) in [7, 11) is 3.15. The largest absolute Gasteiger partial charge is 0.497 e. The Balaban J connectivity index is 1.66. The first-order valence-corrected chi connectivity index (χ1v) is 9.47. The Kier molecular flexibility index (Phi) is 5.96. The molecule has 2 N–H and O–H groups in total. The van der Waals surface area contributed by atoms with Gasteiger partial charge in [-0.25, -0.2) is 4.79 Å². The molecule has 1 heterocycles. The van der Waals surface area contributed by atoms with Crippen molar-refractivity contribution in [2.75, 3.05) is 20.8 Å². The average molecular weight is 411 g/mol. The number of hydrogen-bond acceptors (Lipinski definition) is 5. The highest BCUT2D eigenvalue weighted by molar-refractivity contribution is 6.09. The van der Waals surface area contributed by atoms with Crippen molar-refractivity contribution in [2.24, 2.45) is 0 Å². The minimum atomic E-state index is -1.25. The van der Waals surface area contributed by atoms with Gasteiger partial charge in [-0.3, -0.25) is 14.5 Å². The van der Waals surface area contributed by atoms with Crippen LogP contribution in [0.15, 0.2) is 42.5 Å². The van der Waals surface area contributed by atoms with Gasteiger partial charge in [-0.15, -0.1) is 0 Å². The van der Waals surface area contributed by atoms with E-state index in [1.54, 1.807) is 51.5 Å². The van der Waals surface area contributed by atoms with Gasteiger partial charge in [0.25, 0.3) is 5.91 Å². The van der Waals surface area contributed by atoms with Gasteiger partial charge in [-0.1, -0.05) is 18.2 Å². The van der Waals surface area contributed by atoms with Gasteiger partial charge in [0.1, 0.15) is 23.6 Å². The fraction of sp³-hybridized carbons (Fsp3) is 0.318. The maximum absolute atomic E-state index is 13.0. The van der Waals surface area contributed by atoms with E-state index in [-0.39, 0.29) is 13.1 Å². The predicted molar refractivity (Wildman–Crippen MR) is 110 cm³/mol. The lowest BCUT2D eigenvalue weighted by Crippen LogP contribution is -2.43. The van der Waals surface area contributed by atoms with E-state index in [1.807, 2.05) is 19.1 Å². The molecule has 0 aromatic heterocycles. The number of benzene rings is 2. The Morgan fingerprint density at radius 2 is 1.80 bits per heavy atom. The molecule has 0 aliphatic carbocycles. The Labute approximate surface area is 175 Å². The van der Waals surface area contributed by atoms with Gasteiger partial charge in [0.15, 0.2) is 0 Å². The quantitative estimate of drug-likeness (QED) is 0.680. The molecular weight excluding hydrogens is 386 g/mol. The lowest BCUT2D eigenvalue weighted by molar-refractivity contribution is -0.134. The summed E-state index contributed by atoms with van der Waals surface area (Å²) < 4.78 is 10.4. The second-order valence-corrected chi connectivity index (χ2v) is 7.26. The first-order chi connectivity index (χ1) is 14.3. The predicted octanol–water partition coefficient (Wildman–Crippen LogP) is 2.10. The van der Waals surface area contributed by atoms with Crippen LogP contribution >= 0.6 is 0 Å². The lowest BCUT2D eigenvalue weighted by Gasteiger charge is -2.23. The molecule has 1 atom stereocenters. The Morgan fingerprint density at radius 1 is 1.10 bits per heavy atom. The molecule has 1 saturated heterocycles.